The summed E-state index contributed by atoms with van der Waals surface area (Å²) in [5, 5.41) is 3.86. The molecular weight excluding hydrogens is 260 g/mol. The van der Waals surface area contributed by atoms with E-state index in [2.05, 4.69) is 25.0 Å². The number of hydrogen-bond donors (Lipinski definition) is 1. The molecule has 1 aliphatic heterocycles. The zero-order valence-corrected chi connectivity index (χ0v) is 11.2. The number of nitrogens with zero attached hydrogens (tertiary/aromatic N) is 5. The number of nitrogens with two attached hydrogens (primary N) is 1. The Hall–Kier alpha value is -2.06. The van der Waals surface area contributed by atoms with Crippen LogP contribution in [0.5, 0.6) is 0 Å². The van der Waals surface area contributed by atoms with E-state index in [0.717, 1.165) is 30.9 Å². The fourth-order valence-electron chi connectivity index (χ4n) is 2.26. The Morgan fingerprint density at radius 3 is 3.20 bits per heavy atom. The summed E-state index contributed by atoms with van der Waals surface area (Å²) in [5.74, 6) is 1.67. The van der Waals surface area contributed by atoms with Gasteiger partial charge in [-0.2, -0.15) is 4.98 Å². The highest BCUT2D eigenvalue weighted by molar-refractivity contribution is 5.69. The Bertz CT molecular complexity index is 587. The van der Waals surface area contributed by atoms with Crippen LogP contribution >= 0.6 is 0 Å². The van der Waals surface area contributed by atoms with Gasteiger partial charge in [0.25, 0.3) is 5.89 Å². The summed E-state index contributed by atoms with van der Waals surface area (Å²) in [7, 11) is 1.58. The van der Waals surface area contributed by atoms with Crippen molar-refractivity contribution in [3.63, 3.8) is 0 Å². The molecule has 2 N–H and O–H groups in total. The zero-order valence-electron chi connectivity index (χ0n) is 11.2. The van der Waals surface area contributed by atoms with Gasteiger partial charge in [0.1, 0.15) is 24.3 Å². The zero-order chi connectivity index (χ0) is 13.9. The van der Waals surface area contributed by atoms with E-state index in [-0.39, 0.29) is 6.04 Å². The van der Waals surface area contributed by atoms with E-state index in [1.807, 2.05) is 0 Å². The summed E-state index contributed by atoms with van der Waals surface area (Å²) in [6.45, 7) is 1.94. The second-order valence-electron chi connectivity index (χ2n) is 4.70. The molecule has 0 amide bonds. The third-order valence-electron chi connectivity index (χ3n) is 3.19. The highest BCUT2D eigenvalue weighted by Crippen LogP contribution is 2.28. The first-order valence-corrected chi connectivity index (χ1v) is 6.40. The molecule has 8 heteroatoms. The van der Waals surface area contributed by atoms with Crippen LogP contribution in [0.25, 0.3) is 11.5 Å². The molecule has 8 nitrogen and oxygen atoms in total. The van der Waals surface area contributed by atoms with Crippen molar-refractivity contribution < 1.29 is 9.26 Å². The van der Waals surface area contributed by atoms with Gasteiger partial charge < -0.3 is 19.9 Å². The molecule has 0 aliphatic carbocycles. The Labute approximate surface area is 116 Å². The smallest absolute Gasteiger partial charge is 0.263 e. The monoisotopic (exact) mass is 276 g/mol. The van der Waals surface area contributed by atoms with Crippen LogP contribution in [0, 0.1) is 0 Å². The molecule has 3 rings (SSSR count). The Morgan fingerprint density at radius 1 is 1.55 bits per heavy atom. The minimum absolute atomic E-state index is 0.171. The number of aromatic nitrogens is 4. The maximum absolute atomic E-state index is 5.94. The molecule has 0 saturated carbocycles. The summed E-state index contributed by atoms with van der Waals surface area (Å²) in [4.78, 5) is 14.8. The second-order valence-corrected chi connectivity index (χ2v) is 4.70. The van der Waals surface area contributed by atoms with Crippen molar-refractivity contribution in [3.05, 3.63) is 18.3 Å². The minimum Gasteiger partial charge on any atom is -0.377 e. The largest absolute Gasteiger partial charge is 0.377 e. The van der Waals surface area contributed by atoms with Gasteiger partial charge in [0.2, 0.25) is 0 Å². The Balaban J connectivity index is 1.92. The molecule has 1 unspecified atom stereocenters. The summed E-state index contributed by atoms with van der Waals surface area (Å²) >= 11 is 0. The standard InChI is InChI=1S/C12H16N6O2/c1-19-6-10-16-12(20-17-10)9-4-14-7-15-11(9)18-3-2-8(13)5-18/h4,7-8H,2-3,5-6,13H2,1H3. The van der Waals surface area contributed by atoms with Crippen LogP contribution in [0.4, 0.5) is 5.82 Å². The van der Waals surface area contributed by atoms with Gasteiger partial charge in [-0.25, -0.2) is 9.97 Å². The summed E-state index contributed by atoms with van der Waals surface area (Å²) in [5.41, 5.74) is 6.66. The molecule has 3 heterocycles. The molecule has 0 spiro atoms. The van der Waals surface area contributed by atoms with Crippen molar-refractivity contribution in [1.82, 2.24) is 20.1 Å². The van der Waals surface area contributed by atoms with Gasteiger partial charge in [0, 0.05) is 32.4 Å². The molecule has 0 radical (unpaired) electrons. The molecule has 1 saturated heterocycles. The number of anilines is 1. The third-order valence-corrected chi connectivity index (χ3v) is 3.19. The Morgan fingerprint density at radius 2 is 2.45 bits per heavy atom. The molecule has 20 heavy (non-hydrogen) atoms. The van der Waals surface area contributed by atoms with Gasteiger partial charge in [-0.3, -0.25) is 0 Å². The fraction of sp³-hybridized carbons (Fsp3) is 0.500. The topological polar surface area (TPSA) is 103 Å². The van der Waals surface area contributed by atoms with Crippen LogP contribution in [-0.4, -0.2) is 46.3 Å². The molecule has 1 fully saturated rings. The predicted molar refractivity (Wildman–Crippen MR) is 70.8 cm³/mol. The van der Waals surface area contributed by atoms with E-state index in [1.165, 1.54) is 6.33 Å². The average molecular weight is 276 g/mol. The SMILES string of the molecule is COCc1noc(-c2cncnc2N2CCC(N)C2)n1. The molecule has 106 valence electrons. The molecule has 1 atom stereocenters. The number of ether oxygens (including phenoxy) is 1. The average Bonchev–Trinajstić information content (AvgIpc) is 3.08. The van der Waals surface area contributed by atoms with E-state index < -0.39 is 0 Å². The van der Waals surface area contributed by atoms with Crippen LogP contribution in [0.2, 0.25) is 0 Å². The van der Waals surface area contributed by atoms with Gasteiger partial charge in [-0.05, 0) is 6.42 Å². The molecule has 1 aliphatic rings. The van der Waals surface area contributed by atoms with Gasteiger partial charge in [0.15, 0.2) is 5.82 Å². The van der Waals surface area contributed by atoms with Crippen LogP contribution in [0.3, 0.4) is 0 Å². The molecule has 2 aromatic rings. The van der Waals surface area contributed by atoms with E-state index in [0.29, 0.717) is 18.3 Å². The minimum atomic E-state index is 0.171. The lowest BCUT2D eigenvalue weighted by molar-refractivity contribution is 0.174. The van der Waals surface area contributed by atoms with Gasteiger partial charge in [0.05, 0.1) is 0 Å². The summed E-state index contributed by atoms with van der Waals surface area (Å²) in [6, 6.07) is 0.171. The molecule has 0 bridgehead atoms. The third kappa shape index (κ3) is 2.47. The lowest BCUT2D eigenvalue weighted by atomic mass is 10.3. The first-order valence-electron chi connectivity index (χ1n) is 6.40. The fourth-order valence-corrected chi connectivity index (χ4v) is 2.26. The van der Waals surface area contributed by atoms with E-state index in [9.17, 15) is 0 Å². The number of hydrogen-bond acceptors (Lipinski definition) is 8. The maximum Gasteiger partial charge on any atom is 0.263 e. The molecular formula is C12H16N6O2. The normalized spacial score (nSPS) is 18.7. The van der Waals surface area contributed by atoms with Gasteiger partial charge >= 0.3 is 0 Å². The van der Waals surface area contributed by atoms with Crippen LogP contribution in [0.15, 0.2) is 17.0 Å². The van der Waals surface area contributed by atoms with Gasteiger partial charge in [-0.1, -0.05) is 5.16 Å². The number of rotatable bonds is 4. The van der Waals surface area contributed by atoms with E-state index >= 15 is 0 Å². The quantitative estimate of drug-likeness (QED) is 0.845. The van der Waals surface area contributed by atoms with Crippen LogP contribution < -0.4 is 10.6 Å². The highest BCUT2D eigenvalue weighted by atomic mass is 16.5. The maximum atomic E-state index is 5.94. The van der Waals surface area contributed by atoms with Crippen molar-refractivity contribution in [3.8, 4) is 11.5 Å². The van der Waals surface area contributed by atoms with Crippen LogP contribution in [0.1, 0.15) is 12.2 Å². The lowest BCUT2D eigenvalue weighted by Crippen LogP contribution is -2.27. The second kappa shape index (κ2) is 5.51. The predicted octanol–water partition coefficient (Wildman–Crippen LogP) is 0.210. The Kier molecular flexibility index (Phi) is 3.57. The van der Waals surface area contributed by atoms with Crippen LogP contribution in [-0.2, 0) is 11.3 Å². The van der Waals surface area contributed by atoms with Crippen molar-refractivity contribution in [2.45, 2.75) is 19.1 Å². The van der Waals surface area contributed by atoms with Crippen molar-refractivity contribution >= 4 is 5.82 Å². The molecule has 0 aromatic carbocycles. The number of methoxy groups -OCH3 is 1. The molecule has 2 aromatic heterocycles. The van der Waals surface area contributed by atoms with Crippen molar-refractivity contribution in [2.75, 3.05) is 25.1 Å². The first kappa shape index (κ1) is 12.9. The lowest BCUT2D eigenvalue weighted by Gasteiger charge is -2.18. The van der Waals surface area contributed by atoms with Gasteiger partial charge in [-0.15, -0.1) is 0 Å². The van der Waals surface area contributed by atoms with Crippen molar-refractivity contribution in [1.29, 1.82) is 0 Å². The summed E-state index contributed by atoms with van der Waals surface area (Å²) in [6.07, 6.45) is 4.13. The summed E-state index contributed by atoms with van der Waals surface area (Å²) < 4.78 is 10.2. The van der Waals surface area contributed by atoms with E-state index in [1.54, 1.807) is 13.3 Å². The van der Waals surface area contributed by atoms with Crippen molar-refractivity contribution in [2.24, 2.45) is 5.73 Å². The van der Waals surface area contributed by atoms with E-state index in [4.69, 9.17) is 15.0 Å². The first-order chi connectivity index (χ1) is 9.78. The highest BCUT2D eigenvalue weighted by Gasteiger charge is 2.25.